The number of hydrogen-bond acceptors (Lipinski definition) is 5. The molecule has 5 heteroatoms. The summed E-state index contributed by atoms with van der Waals surface area (Å²) in [5, 5.41) is 10.8. The average molecular weight is 324 g/mol. The van der Waals surface area contributed by atoms with Crippen molar-refractivity contribution in [3.63, 3.8) is 0 Å². The van der Waals surface area contributed by atoms with Crippen molar-refractivity contribution >= 4 is 23.1 Å². The minimum absolute atomic E-state index is 0.0374. The third-order valence-corrected chi connectivity index (χ3v) is 3.62. The molecule has 0 unspecified atom stereocenters. The van der Waals surface area contributed by atoms with Gasteiger partial charge in [-0.3, -0.25) is 0 Å². The van der Waals surface area contributed by atoms with Gasteiger partial charge in [0, 0.05) is 11.5 Å². The van der Waals surface area contributed by atoms with Crippen LogP contribution in [0, 0.1) is 0 Å². The molecule has 0 aliphatic rings. The summed E-state index contributed by atoms with van der Waals surface area (Å²) in [6, 6.07) is 12.1. The first-order chi connectivity index (χ1) is 11.6. The Balaban J connectivity index is 1.97. The van der Waals surface area contributed by atoms with E-state index < -0.39 is 0 Å². The quantitative estimate of drug-likeness (QED) is 0.585. The second kappa shape index (κ2) is 6.50. The lowest BCUT2D eigenvalue weighted by Crippen LogP contribution is -1.94. The van der Waals surface area contributed by atoms with Crippen molar-refractivity contribution < 1.29 is 19.0 Å². The standard InChI is InChI=1S/C19H16O5/c1-22-16-10-13(11-17(23-2)19(16)21)4-3-12-5-6-14-7-8-18(20)24-15(14)9-12/h3-11,21H,1-2H3. The van der Waals surface area contributed by atoms with Gasteiger partial charge in [0.2, 0.25) is 5.75 Å². The van der Waals surface area contributed by atoms with Gasteiger partial charge in [0.1, 0.15) is 5.58 Å². The van der Waals surface area contributed by atoms with Crippen molar-refractivity contribution in [3.05, 3.63) is 64.0 Å². The Labute approximate surface area is 138 Å². The van der Waals surface area contributed by atoms with Gasteiger partial charge in [-0.2, -0.15) is 0 Å². The normalized spacial score (nSPS) is 11.1. The molecule has 5 nitrogen and oxygen atoms in total. The van der Waals surface area contributed by atoms with Gasteiger partial charge in [-0.25, -0.2) is 4.79 Å². The van der Waals surface area contributed by atoms with Gasteiger partial charge in [0.25, 0.3) is 0 Å². The molecule has 0 aliphatic carbocycles. The van der Waals surface area contributed by atoms with Gasteiger partial charge in [0.05, 0.1) is 14.2 Å². The van der Waals surface area contributed by atoms with E-state index in [0.717, 1.165) is 16.5 Å². The highest BCUT2D eigenvalue weighted by atomic mass is 16.5. The maximum absolute atomic E-state index is 11.3. The van der Waals surface area contributed by atoms with Crippen molar-refractivity contribution in [2.45, 2.75) is 0 Å². The second-order valence-corrected chi connectivity index (χ2v) is 5.16. The molecule has 0 atom stereocenters. The van der Waals surface area contributed by atoms with E-state index in [2.05, 4.69) is 0 Å². The van der Waals surface area contributed by atoms with Crippen molar-refractivity contribution in [1.29, 1.82) is 0 Å². The molecule has 1 aromatic heterocycles. The molecule has 3 rings (SSSR count). The Morgan fingerprint density at radius 3 is 2.21 bits per heavy atom. The van der Waals surface area contributed by atoms with Crippen LogP contribution in [0.1, 0.15) is 11.1 Å². The number of phenols is 1. The summed E-state index contributed by atoms with van der Waals surface area (Å²) in [4.78, 5) is 11.3. The number of rotatable bonds is 4. The number of hydrogen-bond donors (Lipinski definition) is 1. The molecule has 24 heavy (non-hydrogen) atoms. The summed E-state index contributed by atoms with van der Waals surface area (Å²) < 4.78 is 15.5. The first-order valence-corrected chi connectivity index (χ1v) is 7.27. The van der Waals surface area contributed by atoms with E-state index >= 15 is 0 Å². The molecule has 122 valence electrons. The molecule has 0 saturated carbocycles. The Morgan fingerprint density at radius 2 is 1.54 bits per heavy atom. The zero-order chi connectivity index (χ0) is 17.1. The highest BCUT2D eigenvalue weighted by Gasteiger charge is 2.09. The molecule has 0 amide bonds. The van der Waals surface area contributed by atoms with Crippen LogP contribution in [0.4, 0.5) is 0 Å². The number of phenolic OH excluding ortho intramolecular Hbond substituents is 1. The summed E-state index contributed by atoms with van der Waals surface area (Å²) in [5.41, 5.74) is 1.83. The molecular formula is C19H16O5. The van der Waals surface area contributed by atoms with Crippen LogP contribution in [-0.4, -0.2) is 19.3 Å². The fraction of sp³-hybridized carbons (Fsp3) is 0.105. The Kier molecular flexibility index (Phi) is 4.24. The molecule has 0 spiro atoms. The largest absolute Gasteiger partial charge is 0.502 e. The van der Waals surface area contributed by atoms with Gasteiger partial charge >= 0.3 is 5.63 Å². The minimum Gasteiger partial charge on any atom is -0.502 e. The molecule has 0 radical (unpaired) electrons. The van der Waals surface area contributed by atoms with Gasteiger partial charge in [-0.05, 0) is 35.4 Å². The molecule has 0 bridgehead atoms. The zero-order valence-corrected chi connectivity index (χ0v) is 13.3. The Hall–Kier alpha value is -3.21. The molecule has 0 saturated heterocycles. The molecular weight excluding hydrogens is 308 g/mol. The minimum atomic E-state index is -0.378. The summed E-state index contributed by atoms with van der Waals surface area (Å²) >= 11 is 0. The van der Waals surface area contributed by atoms with E-state index in [1.165, 1.54) is 20.3 Å². The summed E-state index contributed by atoms with van der Waals surface area (Å²) in [6.45, 7) is 0. The summed E-state index contributed by atoms with van der Waals surface area (Å²) in [6.07, 6.45) is 3.73. The Bertz CT molecular complexity index is 944. The predicted octanol–water partition coefficient (Wildman–Crippen LogP) is 3.69. The van der Waals surface area contributed by atoms with Crippen molar-refractivity contribution in [2.75, 3.05) is 14.2 Å². The highest BCUT2D eigenvalue weighted by molar-refractivity contribution is 5.81. The van der Waals surface area contributed by atoms with Crippen LogP contribution in [0.5, 0.6) is 17.2 Å². The second-order valence-electron chi connectivity index (χ2n) is 5.16. The third-order valence-electron chi connectivity index (χ3n) is 3.62. The Morgan fingerprint density at radius 1 is 0.917 bits per heavy atom. The van der Waals surface area contributed by atoms with E-state index in [-0.39, 0.29) is 11.4 Å². The van der Waals surface area contributed by atoms with Gasteiger partial charge in [0.15, 0.2) is 11.5 Å². The van der Waals surface area contributed by atoms with Crippen LogP contribution in [0.15, 0.2) is 51.7 Å². The van der Waals surface area contributed by atoms with Crippen molar-refractivity contribution in [3.8, 4) is 17.2 Å². The predicted molar refractivity (Wildman–Crippen MR) is 92.6 cm³/mol. The van der Waals surface area contributed by atoms with Crippen molar-refractivity contribution in [2.24, 2.45) is 0 Å². The zero-order valence-electron chi connectivity index (χ0n) is 13.3. The van der Waals surface area contributed by atoms with Crippen LogP contribution in [-0.2, 0) is 0 Å². The van der Waals surface area contributed by atoms with E-state index in [9.17, 15) is 9.90 Å². The molecule has 1 heterocycles. The molecule has 2 aromatic carbocycles. The fourth-order valence-corrected chi connectivity index (χ4v) is 2.38. The first-order valence-electron chi connectivity index (χ1n) is 7.27. The average Bonchev–Trinajstić information content (AvgIpc) is 2.60. The van der Waals surface area contributed by atoms with Crippen LogP contribution < -0.4 is 15.1 Å². The van der Waals surface area contributed by atoms with Crippen LogP contribution in [0.3, 0.4) is 0 Å². The smallest absolute Gasteiger partial charge is 0.336 e. The van der Waals surface area contributed by atoms with Gasteiger partial charge < -0.3 is 19.0 Å². The van der Waals surface area contributed by atoms with Crippen LogP contribution >= 0.6 is 0 Å². The number of aromatic hydroxyl groups is 1. The molecule has 1 N–H and O–H groups in total. The number of ether oxygens (including phenoxy) is 2. The lowest BCUT2D eigenvalue weighted by atomic mass is 10.1. The van der Waals surface area contributed by atoms with Gasteiger partial charge in [-0.15, -0.1) is 0 Å². The molecule has 0 aliphatic heterocycles. The van der Waals surface area contributed by atoms with Crippen LogP contribution in [0.25, 0.3) is 23.1 Å². The summed E-state index contributed by atoms with van der Waals surface area (Å²) in [5.74, 6) is 0.627. The maximum atomic E-state index is 11.3. The lowest BCUT2D eigenvalue weighted by molar-refractivity contribution is 0.340. The maximum Gasteiger partial charge on any atom is 0.336 e. The van der Waals surface area contributed by atoms with E-state index in [1.54, 1.807) is 24.3 Å². The topological polar surface area (TPSA) is 68.9 Å². The van der Waals surface area contributed by atoms with Gasteiger partial charge in [-0.1, -0.05) is 24.3 Å². The molecule has 3 aromatic rings. The summed E-state index contributed by atoms with van der Waals surface area (Å²) in [7, 11) is 2.96. The highest BCUT2D eigenvalue weighted by Crippen LogP contribution is 2.37. The molecule has 0 fully saturated rings. The number of benzene rings is 2. The fourth-order valence-electron chi connectivity index (χ4n) is 2.38. The number of fused-ring (bicyclic) bond motifs is 1. The van der Waals surface area contributed by atoms with E-state index in [1.807, 2.05) is 24.3 Å². The van der Waals surface area contributed by atoms with E-state index in [0.29, 0.717) is 17.1 Å². The number of methoxy groups -OCH3 is 2. The SMILES string of the molecule is COc1cc(C=Cc2ccc3ccc(=O)oc3c2)cc(OC)c1O. The lowest BCUT2D eigenvalue weighted by Gasteiger charge is -2.09. The monoisotopic (exact) mass is 324 g/mol. The van der Waals surface area contributed by atoms with Crippen LogP contribution in [0.2, 0.25) is 0 Å². The first kappa shape index (κ1) is 15.7. The third kappa shape index (κ3) is 3.10. The van der Waals surface area contributed by atoms with Crippen molar-refractivity contribution in [1.82, 2.24) is 0 Å². The van der Waals surface area contributed by atoms with E-state index in [4.69, 9.17) is 13.9 Å².